The maximum absolute atomic E-state index is 13.7. The summed E-state index contributed by atoms with van der Waals surface area (Å²) in [5.74, 6) is 2.08. The van der Waals surface area contributed by atoms with Crippen molar-refractivity contribution >= 4 is 56.6 Å². The van der Waals surface area contributed by atoms with E-state index in [1.165, 1.54) is 12.2 Å². The van der Waals surface area contributed by atoms with Crippen LogP contribution < -0.4 is 33.6 Å². The lowest BCUT2D eigenvalue weighted by Crippen LogP contribution is -2.27. The van der Waals surface area contributed by atoms with Gasteiger partial charge in [0.15, 0.2) is 16.6 Å². The number of unbranched alkanes of at least 4 members (excludes halogenated alkanes) is 9. The molecule has 0 aliphatic heterocycles. The molecule has 1 heterocycles. The summed E-state index contributed by atoms with van der Waals surface area (Å²) in [5, 5.41) is 0.894. The number of hydrogen-bond acceptors (Lipinski definition) is 17. The highest BCUT2D eigenvalue weighted by Gasteiger charge is 2.30. The van der Waals surface area contributed by atoms with Crippen molar-refractivity contribution in [3.8, 4) is 34.5 Å². The van der Waals surface area contributed by atoms with Gasteiger partial charge in [0.1, 0.15) is 23.0 Å². The second-order valence-corrected chi connectivity index (χ2v) is 22.5. The molecule has 5 aromatic rings. The molecule has 4 aromatic carbocycles. The lowest BCUT2D eigenvalue weighted by atomic mass is 9.82. The van der Waals surface area contributed by atoms with Crippen molar-refractivity contribution in [2.75, 3.05) is 51.1 Å². The molecule has 17 heteroatoms. The van der Waals surface area contributed by atoms with Gasteiger partial charge in [0.05, 0.1) is 61.7 Å². The van der Waals surface area contributed by atoms with Gasteiger partial charge < -0.3 is 43.1 Å². The van der Waals surface area contributed by atoms with E-state index in [1.807, 2.05) is 72.9 Å². The van der Waals surface area contributed by atoms with E-state index < -0.39 is 11.9 Å². The molecule has 0 spiro atoms. The normalized spacial score (nSPS) is 16.8. The van der Waals surface area contributed by atoms with Crippen LogP contribution >= 0.6 is 11.3 Å². The summed E-state index contributed by atoms with van der Waals surface area (Å²) in [6.07, 6.45) is 23.8. The quantitative estimate of drug-likeness (QED) is 0.00910. The highest BCUT2D eigenvalue weighted by Crippen LogP contribution is 2.35. The van der Waals surface area contributed by atoms with E-state index in [0.29, 0.717) is 99.6 Å². The zero-order valence-corrected chi connectivity index (χ0v) is 49.6. The number of carbonyl (C=O) groups excluding carboxylic acids is 4. The molecule has 2 aliphatic carbocycles. The minimum Gasteiger partial charge on any atom is -0.494 e. The molecule has 2 fully saturated rings. The maximum Gasteiger partial charge on any atom is 0.330 e. The second-order valence-electron chi connectivity index (χ2n) is 21.5. The molecular weight excluding hydrogens is 1090 g/mol. The van der Waals surface area contributed by atoms with E-state index in [1.54, 1.807) is 35.6 Å². The first-order chi connectivity index (χ1) is 41.2. The summed E-state index contributed by atoms with van der Waals surface area (Å²) in [6, 6.07) is 28.0. The summed E-state index contributed by atoms with van der Waals surface area (Å²) in [7, 11) is 0. The first-order valence-electron chi connectivity index (χ1n) is 30.2. The molecule has 0 radical (unpaired) electrons. The van der Waals surface area contributed by atoms with E-state index in [9.17, 15) is 19.2 Å². The number of rotatable bonds is 38. The van der Waals surface area contributed by atoms with Gasteiger partial charge in [-0.3, -0.25) is 9.59 Å². The summed E-state index contributed by atoms with van der Waals surface area (Å²) >= 11 is 1.65. The number of fused-ring (bicyclic) bond motifs is 1. The van der Waals surface area contributed by atoms with Crippen LogP contribution in [0.1, 0.15) is 141 Å². The van der Waals surface area contributed by atoms with Crippen LogP contribution in [0, 0.1) is 23.7 Å². The third-order valence-corrected chi connectivity index (χ3v) is 16.1. The lowest BCUT2D eigenvalue weighted by molar-refractivity contribution is -0.218. The van der Waals surface area contributed by atoms with E-state index in [4.69, 9.17) is 53.0 Å². The van der Waals surface area contributed by atoms with Gasteiger partial charge in [-0.25, -0.2) is 14.6 Å². The lowest BCUT2D eigenvalue weighted by Gasteiger charge is -2.27. The topological polar surface area (TPSA) is 177 Å². The standard InChI is InChI=1S/C67H84N2O14S/c1-4-7-8-15-41-69(67-68-60-20-13-14-21-62(60)84-67)42-40-54-47-59(81-66(73)53-28-22-50(23-29-53)48-78-82-58-36-32-56(33-37-58)75-44-17-10-12-19-46-77-64(71)6-3)38-39-61(54)83-79-49-51-24-26-52(27-25-51)65(72)80-57-34-30-55(31-35-57)74-43-16-9-11-18-45-76-63(70)5-2/h5-6,13-14,20-21,30-40,42,47,50-53H,2-4,7-12,15-19,22-29,41,43-46,48-49H2,1H3/b42-40+. The molecule has 0 N–H and O–H groups in total. The minimum absolute atomic E-state index is 0.187. The van der Waals surface area contributed by atoms with Crippen molar-refractivity contribution in [2.24, 2.45) is 23.7 Å². The molecule has 84 heavy (non-hydrogen) atoms. The highest BCUT2D eigenvalue weighted by molar-refractivity contribution is 7.22. The summed E-state index contributed by atoms with van der Waals surface area (Å²) < 4.78 is 34.7. The maximum atomic E-state index is 13.7. The van der Waals surface area contributed by atoms with Crippen LogP contribution in [0.25, 0.3) is 16.3 Å². The van der Waals surface area contributed by atoms with E-state index >= 15 is 0 Å². The SMILES string of the molecule is C=CC(=O)OCCCCCCOc1ccc(OOCC2CCC(C(=O)Oc3ccc(OOCC4CCC(C(=O)Oc5ccc(OCCCCCCOC(=O)C=C)cc5)CC4)c(/C=C/N(CCCCCC)c4nc5ccccc5s4)c3)CC2)cc1. The first-order valence-corrected chi connectivity index (χ1v) is 31.0. The fourth-order valence-electron chi connectivity index (χ4n) is 9.97. The first kappa shape index (κ1) is 64.4. The van der Waals surface area contributed by atoms with Crippen molar-refractivity contribution in [2.45, 2.75) is 135 Å². The largest absolute Gasteiger partial charge is 0.494 e. The number of hydrogen-bond donors (Lipinski definition) is 0. The number of para-hydroxylation sites is 1. The molecule has 1 aromatic heterocycles. The summed E-state index contributed by atoms with van der Waals surface area (Å²) in [6.45, 7) is 12.5. The highest BCUT2D eigenvalue weighted by atomic mass is 32.1. The zero-order chi connectivity index (χ0) is 59.0. The number of ether oxygens (including phenoxy) is 6. The third kappa shape index (κ3) is 22.8. The fraction of sp³-hybridized carbons (Fsp3) is 0.478. The van der Waals surface area contributed by atoms with E-state index in [0.717, 1.165) is 130 Å². The second kappa shape index (κ2) is 36.5. The van der Waals surface area contributed by atoms with Crippen molar-refractivity contribution < 1.29 is 67.1 Å². The van der Waals surface area contributed by atoms with Gasteiger partial charge in [-0.05, 0) is 206 Å². The Hall–Kier alpha value is -7.21. The van der Waals surface area contributed by atoms with Gasteiger partial charge in [-0.15, -0.1) is 0 Å². The molecule has 2 saturated carbocycles. The summed E-state index contributed by atoms with van der Waals surface area (Å²) in [5.41, 5.74) is 1.63. The predicted molar refractivity (Wildman–Crippen MR) is 325 cm³/mol. The number of esters is 4. The van der Waals surface area contributed by atoms with Gasteiger partial charge in [0.25, 0.3) is 0 Å². The molecule has 16 nitrogen and oxygen atoms in total. The van der Waals surface area contributed by atoms with Gasteiger partial charge in [-0.2, -0.15) is 9.78 Å². The van der Waals surface area contributed by atoms with Crippen LogP contribution in [0.15, 0.2) is 123 Å². The number of benzene rings is 4. The zero-order valence-electron chi connectivity index (χ0n) is 48.8. The van der Waals surface area contributed by atoms with Gasteiger partial charge in [0.2, 0.25) is 0 Å². The number of nitrogens with zero attached hydrogens (tertiary/aromatic N) is 2. The van der Waals surface area contributed by atoms with Crippen LogP contribution in [0.2, 0.25) is 0 Å². The van der Waals surface area contributed by atoms with Gasteiger partial charge in [-0.1, -0.05) is 62.8 Å². The van der Waals surface area contributed by atoms with E-state index in [-0.39, 0.29) is 35.6 Å². The van der Waals surface area contributed by atoms with Gasteiger partial charge >= 0.3 is 23.9 Å². The van der Waals surface area contributed by atoms with Crippen molar-refractivity contribution in [3.05, 3.63) is 128 Å². The molecule has 7 rings (SSSR count). The Kier molecular flexibility index (Phi) is 28.0. The third-order valence-electron chi connectivity index (χ3n) is 15.0. The molecule has 0 amide bonds. The molecule has 2 aliphatic rings. The molecule has 0 bridgehead atoms. The molecular formula is C67H84N2O14S. The molecule has 0 unspecified atom stereocenters. The monoisotopic (exact) mass is 1170 g/mol. The van der Waals surface area contributed by atoms with E-state index in [2.05, 4.69) is 31.0 Å². The van der Waals surface area contributed by atoms with Crippen LogP contribution in [-0.4, -0.2) is 75.0 Å². The number of thiazole rings is 1. The van der Waals surface area contributed by atoms with Crippen LogP contribution in [-0.2, 0) is 38.4 Å². The average Bonchev–Trinajstić information content (AvgIpc) is 4.09. The molecule has 452 valence electrons. The van der Waals surface area contributed by atoms with Gasteiger partial charge in [0, 0.05) is 30.5 Å². The Morgan fingerprint density at radius 3 is 1.62 bits per heavy atom. The van der Waals surface area contributed by atoms with Crippen molar-refractivity contribution in [1.29, 1.82) is 0 Å². The molecule has 0 saturated heterocycles. The Morgan fingerprint density at radius 1 is 0.560 bits per heavy atom. The van der Waals surface area contributed by atoms with Crippen LogP contribution in [0.3, 0.4) is 0 Å². The van der Waals surface area contributed by atoms with Crippen LogP contribution in [0.5, 0.6) is 34.5 Å². The Balaban J connectivity index is 0.862. The van der Waals surface area contributed by atoms with Crippen molar-refractivity contribution in [1.82, 2.24) is 4.98 Å². The fourth-order valence-corrected chi connectivity index (χ4v) is 10.9. The smallest absolute Gasteiger partial charge is 0.330 e. The predicted octanol–water partition coefficient (Wildman–Crippen LogP) is 15.1. The van der Waals surface area contributed by atoms with Crippen LogP contribution in [0.4, 0.5) is 5.13 Å². The Labute approximate surface area is 499 Å². The number of anilines is 1. The van der Waals surface area contributed by atoms with Crippen molar-refractivity contribution in [3.63, 3.8) is 0 Å². The molecule has 0 atom stereocenters. The summed E-state index contributed by atoms with van der Waals surface area (Å²) in [4.78, 5) is 79.7. The Morgan fingerprint density at radius 2 is 1.06 bits per heavy atom. The Bertz CT molecular complexity index is 2790. The number of carbonyl (C=O) groups is 4. The number of aromatic nitrogens is 1. The average molecular weight is 1170 g/mol. The minimum atomic E-state index is -0.398.